The highest BCUT2D eigenvalue weighted by Gasteiger charge is 2.18. The van der Waals surface area contributed by atoms with Crippen molar-refractivity contribution in [3.05, 3.63) is 28.8 Å². The SMILES string of the molecule is CCCCc1nnc(NC(=O)c2ccc3c(c2)OCC(=O)N3)s1. The van der Waals surface area contributed by atoms with E-state index in [4.69, 9.17) is 4.74 Å². The van der Waals surface area contributed by atoms with Gasteiger partial charge in [-0.2, -0.15) is 0 Å². The normalized spacial score (nSPS) is 13.0. The standard InChI is InChI=1S/C15H16N4O3S/c1-2-3-4-13-18-19-15(23-13)17-14(21)9-5-6-10-11(7-9)22-8-12(20)16-10/h5-7H,2-4,8H2,1H3,(H,16,20)(H,17,19,21). The lowest BCUT2D eigenvalue weighted by Gasteiger charge is -2.18. The van der Waals surface area contributed by atoms with Crippen LogP contribution in [0.1, 0.15) is 35.1 Å². The lowest BCUT2D eigenvalue weighted by Crippen LogP contribution is -2.25. The zero-order valence-electron chi connectivity index (χ0n) is 12.6. The van der Waals surface area contributed by atoms with Gasteiger partial charge in [0.2, 0.25) is 5.13 Å². The van der Waals surface area contributed by atoms with Crippen LogP contribution in [-0.4, -0.2) is 28.6 Å². The van der Waals surface area contributed by atoms with Crippen molar-refractivity contribution in [3.8, 4) is 5.75 Å². The Hall–Kier alpha value is -2.48. The summed E-state index contributed by atoms with van der Waals surface area (Å²) in [6, 6.07) is 4.87. The first kappa shape index (κ1) is 15.4. The minimum Gasteiger partial charge on any atom is -0.482 e. The number of ether oxygens (including phenoxy) is 1. The van der Waals surface area contributed by atoms with E-state index in [9.17, 15) is 9.59 Å². The molecule has 0 unspecified atom stereocenters. The summed E-state index contributed by atoms with van der Waals surface area (Å²) in [5.41, 5.74) is 1.00. The van der Waals surface area contributed by atoms with Crippen LogP contribution in [-0.2, 0) is 11.2 Å². The van der Waals surface area contributed by atoms with Crippen molar-refractivity contribution >= 4 is 34.0 Å². The molecule has 0 radical (unpaired) electrons. The van der Waals surface area contributed by atoms with Gasteiger partial charge >= 0.3 is 0 Å². The van der Waals surface area contributed by atoms with Crippen LogP contribution >= 0.6 is 11.3 Å². The third-order valence-electron chi connectivity index (χ3n) is 3.31. The van der Waals surface area contributed by atoms with Crippen molar-refractivity contribution in [1.29, 1.82) is 0 Å². The number of benzene rings is 1. The van der Waals surface area contributed by atoms with Gasteiger partial charge < -0.3 is 10.1 Å². The maximum Gasteiger partial charge on any atom is 0.262 e. The first-order valence-corrected chi connectivity index (χ1v) is 8.18. The van der Waals surface area contributed by atoms with Crippen LogP contribution < -0.4 is 15.4 Å². The van der Waals surface area contributed by atoms with E-state index in [1.54, 1.807) is 18.2 Å². The molecule has 2 amide bonds. The number of nitrogens with one attached hydrogen (secondary N) is 2. The molecule has 0 fully saturated rings. The molecule has 1 aromatic heterocycles. The molecule has 0 saturated heterocycles. The van der Waals surface area contributed by atoms with Crippen molar-refractivity contribution in [2.75, 3.05) is 17.2 Å². The fourth-order valence-electron chi connectivity index (χ4n) is 2.12. The number of nitrogens with zero attached hydrogens (tertiary/aromatic N) is 2. The number of amides is 2. The quantitative estimate of drug-likeness (QED) is 0.877. The molecule has 120 valence electrons. The van der Waals surface area contributed by atoms with Crippen molar-refractivity contribution in [2.45, 2.75) is 26.2 Å². The van der Waals surface area contributed by atoms with E-state index in [0.29, 0.717) is 22.1 Å². The average Bonchev–Trinajstić information content (AvgIpc) is 2.99. The highest BCUT2D eigenvalue weighted by atomic mass is 32.1. The number of hydrogen-bond donors (Lipinski definition) is 2. The second-order valence-corrected chi connectivity index (χ2v) is 6.17. The van der Waals surface area contributed by atoms with Crippen LogP contribution in [0, 0.1) is 0 Å². The molecule has 23 heavy (non-hydrogen) atoms. The maximum atomic E-state index is 12.3. The van der Waals surface area contributed by atoms with Gasteiger partial charge in [-0.1, -0.05) is 24.7 Å². The van der Waals surface area contributed by atoms with Gasteiger partial charge in [-0.15, -0.1) is 10.2 Å². The number of fused-ring (bicyclic) bond motifs is 1. The lowest BCUT2D eigenvalue weighted by molar-refractivity contribution is -0.118. The van der Waals surface area contributed by atoms with Crippen molar-refractivity contribution in [3.63, 3.8) is 0 Å². The van der Waals surface area contributed by atoms with Crippen LogP contribution in [0.2, 0.25) is 0 Å². The Morgan fingerprint density at radius 3 is 3.13 bits per heavy atom. The second kappa shape index (κ2) is 6.74. The molecule has 7 nitrogen and oxygen atoms in total. The first-order valence-electron chi connectivity index (χ1n) is 7.36. The van der Waals surface area contributed by atoms with E-state index in [1.807, 2.05) is 0 Å². The highest BCUT2D eigenvalue weighted by Crippen LogP contribution is 2.29. The van der Waals surface area contributed by atoms with E-state index < -0.39 is 0 Å². The molecule has 2 aromatic rings. The van der Waals surface area contributed by atoms with E-state index in [0.717, 1.165) is 24.3 Å². The van der Waals surface area contributed by atoms with E-state index in [2.05, 4.69) is 27.8 Å². The Balaban J connectivity index is 1.68. The topological polar surface area (TPSA) is 93.2 Å². The summed E-state index contributed by atoms with van der Waals surface area (Å²) < 4.78 is 5.31. The van der Waals surface area contributed by atoms with Crippen LogP contribution in [0.15, 0.2) is 18.2 Å². The molecule has 1 aliphatic rings. The third-order valence-corrected chi connectivity index (χ3v) is 4.21. The summed E-state index contributed by atoms with van der Waals surface area (Å²) >= 11 is 1.38. The summed E-state index contributed by atoms with van der Waals surface area (Å²) in [5.74, 6) is -0.00666. The smallest absolute Gasteiger partial charge is 0.262 e. The first-order chi connectivity index (χ1) is 11.2. The van der Waals surface area contributed by atoms with Gasteiger partial charge in [0, 0.05) is 12.0 Å². The number of unbranched alkanes of at least 4 members (excludes halogenated alkanes) is 1. The molecular formula is C15H16N4O3S. The summed E-state index contributed by atoms with van der Waals surface area (Å²) in [6.07, 6.45) is 3.01. The minimum absolute atomic E-state index is 0.0464. The molecule has 0 bridgehead atoms. The predicted molar refractivity (Wildman–Crippen MR) is 87.0 cm³/mol. The van der Waals surface area contributed by atoms with Gasteiger partial charge in [0.1, 0.15) is 10.8 Å². The Morgan fingerprint density at radius 1 is 1.43 bits per heavy atom. The largest absolute Gasteiger partial charge is 0.482 e. The Labute approximate surface area is 137 Å². The number of carbonyl (C=O) groups excluding carboxylic acids is 2. The predicted octanol–water partition coefficient (Wildman–Crippen LogP) is 2.46. The highest BCUT2D eigenvalue weighted by molar-refractivity contribution is 7.15. The monoisotopic (exact) mass is 332 g/mol. The molecule has 0 spiro atoms. The Morgan fingerprint density at radius 2 is 2.30 bits per heavy atom. The number of hydrogen-bond acceptors (Lipinski definition) is 6. The van der Waals surface area contributed by atoms with Crippen molar-refractivity contribution in [1.82, 2.24) is 10.2 Å². The molecule has 1 aliphatic heterocycles. The van der Waals surface area contributed by atoms with E-state index >= 15 is 0 Å². The molecule has 1 aromatic carbocycles. The van der Waals surface area contributed by atoms with Gasteiger partial charge in [0.15, 0.2) is 6.61 Å². The molecule has 0 aliphatic carbocycles. The van der Waals surface area contributed by atoms with Gasteiger partial charge in [0.25, 0.3) is 11.8 Å². The van der Waals surface area contributed by atoms with Crippen molar-refractivity contribution in [2.24, 2.45) is 0 Å². The fraction of sp³-hybridized carbons (Fsp3) is 0.333. The van der Waals surface area contributed by atoms with Crippen LogP contribution in [0.25, 0.3) is 0 Å². The Kier molecular flexibility index (Phi) is 4.52. The lowest BCUT2D eigenvalue weighted by atomic mass is 10.1. The molecule has 3 rings (SSSR count). The van der Waals surface area contributed by atoms with Crippen LogP contribution in [0.3, 0.4) is 0 Å². The summed E-state index contributed by atoms with van der Waals surface area (Å²) in [5, 5.41) is 14.9. The van der Waals surface area contributed by atoms with Gasteiger partial charge in [-0.25, -0.2) is 0 Å². The minimum atomic E-state index is -0.286. The molecular weight excluding hydrogens is 316 g/mol. The van der Waals surface area contributed by atoms with Crippen LogP contribution in [0.5, 0.6) is 5.75 Å². The average molecular weight is 332 g/mol. The molecule has 0 atom stereocenters. The number of anilines is 2. The zero-order chi connectivity index (χ0) is 16.2. The maximum absolute atomic E-state index is 12.3. The number of carbonyl (C=O) groups is 2. The molecule has 2 N–H and O–H groups in total. The molecule has 2 heterocycles. The molecule has 0 saturated carbocycles. The summed E-state index contributed by atoms with van der Waals surface area (Å²) in [7, 11) is 0. The molecule has 8 heteroatoms. The number of rotatable bonds is 5. The summed E-state index contributed by atoms with van der Waals surface area (Å²) in [6.45, 7) is 2.07. The van der Waals surface area contributed by atoms with Gasteiger partial charge in [-0.3, -0.25) is 14.9 Å². The Bertz CT molecular complexity index is 744. The fourth-order valence-corrected chi connectivity index (χ4v) is 2.89. The number of aromatic nitrogens is 2. The van der Waals surface area contributed by atoms with E-state index in [-0.39, 0.29) is 18.4 Å². The van der Waals surface area contributed by atoms with Gasteiger partial charge in [0.05, 0.1) is 5.69 Å². The van der Waals surface area contributed by atoms with E-state index in [1.165, 1.54) is 11.3 Å². The second-order valence-electron chi connectivity index (χ2n) is 5.11. The number of aryl methyl sites for hydroxylation is 1. The zero-order valence-corrected chi connectivity index (χ0v) is 13.4. The van der Waals surface area contributed by atoms with Crippen molar-refractivity contribution < 1.29 is 14.3 Å². The summed E-state index contributed by atoms with van der Waals surface area (Å²) in [4.78, 5) is 23.5. The third kappa shape index (κ3) is 3.65. The van der Waals surface area contributed by atoms with Gasteiger partial charge in [-0.05, 0) is 24.6 Å². The van der Waals surface area contributed by atoms with Crippen LogP contribution in [0.4, 0.5) is 10.8 Å².